The van der Waals surface area contributed by atoms with E-state index in [1.807, 2.05) is 6.07 Å². The van der Waals surface area contributed by atoms with Gasteiger partial charge in [-0.1, -0.05) is 18.9 Å². The van der Waals surface area contributed by atoms with E-state index in [-0.39, 0.29) is 0 Å². The molecule has 0 aromatic heterocycles. The monoisotopic (exact) mass is 297 g/mol. The molecule has 1 aliphatic heterocycles. The van der Waals surface area contributed by atoms with E-state index in [4.69, 9.17) is 0 Å². The van der Waals surface area contributed by atoms with Crippen LogP contribution in [0.2, 0.25) is 0 Å². The summed E-state index contributed by atoms with van der Waals surface area (Å²) in [4.78, 5) is 2.83. The largest absolute Gasteiger partial charge is 0.508 e. The van der Waals surface area contributed by atoms with Gasteiger partial charge < -0.3 is 5.11 Å². The molecule has 2 saturated carbocycles. The zero-order chi connectivity index (χ0) is 14.7. The molecule has 4 aliphatic rings. The Balaban J connectivity index is 1.58. The van der Waals surface area contributed by atoms with Crippen LogP contribution in [0.15, 0.2) is 18.2 Å². The normalized spacial score (nSPS) is 37.5. The lowest BCUT2D eigenvalue weighted by Crippen LogP contribution is -2.61. The van der Waals surface area contributed by atoms with Crippen LogP contribution in [-0.4, -0.2) is 29.1 Å². The van der Waals surface area contributed by atoms with Crippen LogP contribution in [0.4, 0.5) is 0 Å². The summed E-state index contributed by atoms with van der Waals surface area (Å²) in [6, 6.07) is 6.99. The second kappa shape index (κ2) is 4.74. The number of rotatable bonds is 2. The number of fused-ring (bicyclic) bond motifs is 1. The molecule has 1 saturated heterocycles. The first-order chi connectivity index (χ1) is 10.8. The minimum atomic E-state index is 0.435. The Morgan fingerprint density at radius 2 is 2.05 bits per heavy atom. The molecule has 5 rings (SSSR count). The van der Waals surface area contributed by atoms with E-state index in [9.17, 15) is 5.11 Å². The van der Waals surface area contributed by atoms with Crippen molar-refractivity contribution in [2.24, 2.45) is 11.8 Å². The molecule has 1 aromatic carbocycles. The van der Waals surface area contributed by atoms with Crippen molar-refractivity contribution >= 4 is 0 Å². The van der Waals surface area contributed by atoms with Gasteiger partial charge in [-0.15, -0.1) is 0 Å². The van der Waals surface area contributed by atoms with Gasteiger partial charge >= 0.3 is 0 Å². The van der Waals surface area contributed by atoms with Crippen molar-refractivity contribution < 1.29 is 5.11 Å². The third kappa shape index (κ3) is 1.89. The summed E-state index contributed by atoms with van der Waals surface area (Å²) in [5.74, 6) is 2.31. The Morgan fingerprint density at radius 3 is 2.91 bits per heavy atom. The summed E-state index contributed by atoms with van der Waals surface area (Å²) in [7, 11) is 0. The van der Waals surface area contributed by atoms with E-state index < -0.39 is 0 Å². The zero-order valence-corrected chi connectivity index (χ0v) is 13.4. The third-order valence-electron chi connectivity index (χ3n) is 7.12. The molecule has 22 heavy (non-hydrogen) atoms. The molecule has 1 N–H and O–H groups in total. The molecule has 2 heteroatoms. The Hall–Kier alpha value is -1.02. The quantitative estimate of drug-likeness (QED) is 0.896. The highest BCUT2D eigenvalue weighted by molar-refractivity contribution is 5.44. The highest BCUT2D eigenvalue weighted by Crippen LogP contribution is 2.56. The van der Waals surface area contributed by atoms with Crippen molar-refractivity contribution in [1.82, 2.24) is 4.90 Å². The minimum absolute atomic E-state index is 0.435. The highest BCUT2D eigenvalue weighted by Gasteiger charge is 2.54. The lowest BCUT2D eigenvalue weighted by atomic mass is 9.52. The van der Waals surface area contributed by atoms with Gasteiger partial charge in [-0.2, -0.15) is 0 Å². The van der Waals surface area contributed by atoms with E-state index in [0.717, 1.165) is 17.9 Å². The number of phenolic OH excluding ortho intramolecular Hbond substituents is 1. The van der Waals surface area contributed by atoms with E-state index in [0.29, 0.717) is 11.2 Å². The molecule has 2 nitrogen and oxygen atoms in total. The van der Waals surface area contributed by atoms with Crippen LogP contribution in [0, 0.1) is 11.8 Å². The molecule has 3 aliphatic carbocycles. The summed E-state index contributed by atoms with van der Waals surface area (Å²) in [5, 5.41) is 9.95. The van der Waals surface area contributed by atoms with E-state index >= 15 is 0 Å². The predicted octanol–water partition coefficient (Wildman–Crippen LogP) is 3.86. The van der Waals surface area contributed by atoms with Crippen molar-refractivity contribution in [2.45, 2.75) is 62.8 Å². The Bertz CT molecular complexity index is 593. The van der Waals surface area contributed by atoms with Gasteiger partial charge in [-0.25, -0.2) is 0 Å². The van der Waals surface area contributed by atoms with Crippen molar-refractivity contribution in [2.75, 3.05) is 13.1 Å². The lowest BCUT2D eigenvalue weighted by molar-refractivity contribution is -0.0134. The molecular weight excluding hydrogens is 270 g/mol. The van der Waals surface area contributed by atoms with Gasteiger partial charge in [0.1, 0.15) is 5.75 Å². The fraction of sp³-hybridized carbons (Fsp3) is 0.700. The van der Waals surface area contributed by atoms with E-state index in [1.54, 1.807) is 5.56 Å². The van der Waals surface area contributed by atoms with Crippen molar-refractivity contribution in [3.63, 3.8) is 0 Å². The number of hydrogen-bond acceptors (Lipinski definition) is 2. The first-order valence-corrected chi connectivity index (χ1v) is 9.33. The van der Waals surface area contributed by atoms with Gasteiger partial charge in [0.15, 0.2) is 0 Å². The van der Waals surface area contributed by atoms with Crippen molar-refractivity contribution in [3.8, 4) is 5.75 Å². The number of hydrogen-bond donors (Lipinski definition) is 1. The first-order valence-electron chi connectivity index (χ1n) is 9.33. The molecule has 3 atom stereocenters. The topological polar surface area (TPSA) is 23.5 Å². The maximum Gasteiger partial charge on any atom is 0.115 e. The van der Waals surface area contributed by atoms with Gasteiger partial charge in [-0.3, -0.25) is 4.90 Å². The fourth-order valence-electron chi connectivity index (χ4n) is 5.96. The average molecular weight is 297 g/mol. The van der Waals surface area contributed by atoms with Crippen LogP contribution in [0.25, 0.3) is 0 Å². The predicted molar refractivity (Wildman–Crippen MR) is 88.1 cm³/mol. The van der Waals surface area contributed by atoms with Gasteiger partial charge in [0.2, 0.25) is 0 Å². The summed E-state index contributed by atoms with van der Waals surface area (Å²) in [6.07, 6.45) is 11.0. The molecule has 3 fully saturated rings. The number of piperidine rings is 1. The molecule has 2 bridgehead atoms. The van der Waals surface area contributed by atoms with Crippen LogP contribution in [0.1, 0.15) is 56.1 Å². The molecule has 1 aromatic rings. The van der Waals surface area contributed by atoms with Gasteiger partial charge in [0.05, 0.1) is 0 Å². The van der Waals surface area contributed by atoms with Gasteiger partial charge in [0, 0.05) is 18.0 Å². The number of nitrogens with zero attached hydrogens (tertiary/aromatic N) is 1. The van der Waals surface area contributed by atoms with Gasteiger partial charge in [0.25, 0.3) is 0 Å². The average Bonchev–Trinajstić information content (AvgIpc) is 3.33. The van der Waals surface area contributed by atoms with Crippen LogP contribution in [-0.2, 0) is 11.8 Å². The van der Waals surface area contributed by atoms with Crippen molar-refractivity contribution in [3.05, 3.63) is 29.3 Å². The molecule has 3 unspecified atom stereocenters. The van der Waals surface area contributed by atoms with E-state index in [1.165, 1.54) is 70.0 Å². The summed E-state index contributed by atoms with van der Waals surface area (Å²) in [5.41, 5.74) is 3.48. The molecular formula is C20H27NO. The third-order valence-corrected chi connectivity index (χ3v) is 7.12. The smallest absolute Gasteiger partial charge is 0.115 e. The van der Waals surface area contributed by atoms with Crippen LogP contribution in [0.5, 0.6) is 5.75 Å². The second-order valence-electron chi connectivity index (χ2n) is 8.31. The summed E-state index contributed by atoms with van der Waals surface area (Å²) >= 11 is 0. The standard InChI is InChI=1S/C20H27NO/c22-16-6-7-17-15(11-16)12-19-18-3-1-2-8-20(17,18)9-10-21(19)13-14-4-5-14/h6-7,11,14,18-19,22H,1-5,8-10,12-13H2. The molecule has 0 amide bonds. The summed E-state index contributed by atoms with van der Waals surface area (Å²) in [6.45, 7) is 2.64. The maximum atomic E-state index is 9.95. The SMILES string of the molecule is Oc1ccc2c(c1)CC1C3CCCCC23CCN1CC1CC1. The minimum Gasteiger partial charge on any atom is -0.508 e. The number of phenols is 1. The summed E-state index contributed by atoms with van der Waals surface area (Å²) < 4.78 is 0. The Kier molecular flexibility index (Phi) is 2.89. The van der Waals surface area contributed by atoms with Crippen LogP contribution >= 0.6 is 0 Å². The van der Waals surface area contributed by atoms with Crippen LogP contribution < -0.4 is 0 Å². The van der Waals surface area contributed by atoms with E-state index in [2.05, 4.69) is 17.0 Å². The highest BCUT2D eigenvalue weighted by atomic mass is 16.3. The maximum absolute atomic E-state index is 9.95. The Morgan fingerprint density at radius 1 is 1.14 bits per heavy atom. The Labute approximate surface area is 133 Å². The zero-order valence-electron chi connectivity index (χ0n) is 13.4. The van der Waals surface area contributed by atoms with Crippen molar-refractivity contribution in [1.29, 1.82) is 0 Å². The van der Waals surface area contributed by atoms with Crippen LogP contribution in [0.3, 0.4) is 0 Å². The second-order valence-corrected chi connectivity index (χ2v) is 8.31. The number of aromatic hydroxyl groups is 1. The van der Waals surface area contributed by atoms with Gasteiger partial charge in [-0.05, 0) is 80.2 Å². The first kappa shape index (κ1) is 13.4. The molecule has 0 spiro atoms. The number of likely N-dealkylation sites (tertiary alicyclic amines) is 1. The lowest BCUT2D eigenvalue weighted by Gasteiger charge is -2.59. The fourth-order valence-corrected chi connectivity index (χ4v) is 5.96. The molecule has 1 heterocycles. The number of benzene rings is 1. The molecule has 118 valence electrons. The molecule has 0 radical (unpaired) electrons.